The van der Waals surface area contributed by atoms with Crippen molar-refractivity contribution in [2.45, 2.75) is 37.2 Å². The molecule has 30 heavy (non-hydrogen) atoms. The highest BCUT2D eigenvalue weighted by molar-refractivity contribution is 7.84. The van der Waals surface area contributed by atoms with Gasteiger partial charge in [-0.25, -0.2) is 14.4 Å². The zero-order valence-electron chi connectivity index (χ0n) is 17.6. The monoisotopic (exact) mass is 437 g/mol. The number of aromatic nitrogens is 2. The average Bonchev–Trinajstić information content (AvgIpc) is 2.73. The molecule has 1 unspecified atom stereocenters. The number of benzene rings is 1. The minimum atomic E-state index is -1.26. The fourth-order valence-electron chi connectivity index (χ4n) is 3.33. The Kier molecular flexibility index (Phi) is 8.12. The summed E-state index contributed by atoms with van der Waals surface area (Å²) >= 11 is 0. The molecule has 1 saturated heterocycles. The molecule has 1 aromatic heterocycles. The van der Waals surface area contributed by atoms with Gasteiger partial charge in [0.05, 0.1) is 5.56 Å². The molecule has 1 aromatic carbocycles. The van der Waals surface area contributed by atoms with Crippen LogP contribution in [0.15, 0.2) is 29.4 Å². The van der Waals surface area contributed by atoms with Gasteiger partial charge in [-0.1, -0.05) is 0 Å². The SMILES string of the molecule is COCCCN1CCC(Oc2ncnc(Oc3ccc(S(C)=O)cc3F)c2C)CC1. The first-order valence-electron chi connectivity index (χ1n) is 9.98. The maximum Gasteiger partial charge on any atom is 0.229 e. The van der Waals surface area contributed by atoms with Crippen molar-refractivity contribution in [2.24, 2.45) is 0 Å². The van der Waals surface area contributed by atoms with Crippen LogP contribution >= 0.6 is 0 Å². The van der Waals surface area contributed by atoms with Crippen LogP contribution in [0.1, 0.15) is 24.8 Å². The Labute approximate surface area is 179 Å². The third-order valence-corrected chi connectivity index (χ3v) is 5.99. The van der Waals surface area contributed by atoms with Gasteiger partial charge < -0.3 is 19.1 Å². The standard InChI is InChI=1S/C21H28FN3O4S/c1-15-20(28-16-7-10-25(11-8-16)9-4-12-27-2)23-14-24-21(15)29-19-6-5-17(30(3)26)13-18(19)22/h5-6,13-14,16H,4,7-12H2,1-3H3. The normalized spacial score (nSPS) is 16.4. The van der Waals surface area contributed by atoms with Crippen molar-refractivity contribution in [3.63, 3.8) is 0 Å². The zero-order valence-corrected chi connectivity index (χ0v) is 18.4. The third kappa shape index (κ3) is 5.96. The Morgan fingerprint density at radius 1 is 1.23 bits per heavy atom. The van der Waals surface area contributed by atoms with Gasteiger partial charge in [0.1, 0.15) is 12.4 Å². The molecule has 1 fully saturated rings. The van der Waals surface area contributed by atoms with E-state index >= 15 is 0 Å². The lowest BCUT2D eigenvalue weighted by Gasteiger charge is -2.32. The lowest BCUT2D eigenvalue weighted by molar-refractivity contribution is 0.0889. The van der Waals surface area contributed by atoms with E-state index in [0.29, 0.717) is 16.3 Å². The maximum atomic E-state index is 14.3. The van der Waals surface area contributed by atoms with Crippen molar-refractivity contribution in [3.8, 4) is 17.5 Å². The Balaban J connectivity index is 1.61. The number of halogens is 1. The van der Waals surface area contributed by atoms with Gasteiger partial charge in [0.25, 0.3) is 0 Å². The number of hydrogen-bond donors (Lipinski definition) is 0. The second kappa shape index (κ2) is 10.8. The summed E-state index contributed by atoms with van der Waals surface area (Å²) in [6.45, 7) is 5.54. The van der Waals surface area contributed by atoms with Crippen LogP contribution in [0.2, 0.25) is 0 Å². The van der Waals surface area contributed by atoms with Gasteiger partial charge in [0.15, 0.2) is 11.6 Å². The van der Waals surface area contributed by atoms with Crippen molar-refractivity contribution in [1.29, 1.82) is 0 Å². The molecule has 2 heterocycles. The Hall–Kier alpha value is -2.10. The van der Waals surface area contributed by atoms with Crippen molar-refractivity contribution < 1.29 is 22.8 Å². The van der Waals surface area contributed by atoms with Crippen LogP contribution in [0.25, 0.3) is 0 Å². The number of piperidine rings is 1. The van der Waals surface area contributed by atoms with E-state index in [4.69, 9.17) is 14.2 Å². The Bertz CT molecular complexity index is 875. The number of rotatable bonds is 9. The maximum absolute atomic E-state index is 14.3. The van der Waals surface area contributed by atoms with E-state index in [-0.39, 0.29) is 17.7 Å². The lowest BCUT2D eigenvalue weighted by Crippen LogP contribution is -2.39. The minimum Gasteiger partial charge on any atom is -0.474 e. The van der Waals surface area contributed by atoms with E-state index in [1.54, 1.807) is 20.1 Å². The highest BCUT2D eigenvalue weighted by atomic mass is 32.2. The molecule has 0 radical (unpaired) electrons. The van der Waals surface area contributed by atoms with Crippen LogP contribution < -0.4 is 9.47 Å². The lowest BCUT2D eigenvalue weighted by atomic mass is 10.1. The summed E-state index contributed by atoms with van der Waals surface area (Å²) in [5, 5.41) is 0. The molecule has 1 aliphatic rings. The summed E-state index contributed by atoms with van der Waals surface area (Å²) in [5.74, 6) is 0.108. The van der Waals surface area contributed by atoms with Gasteiger partial charge in [-0.15, -0.1) is 0 Å². The fraction of sp³-hybridized carbons (Fsp3) is 0.524. The van der Waals surface area contributed by atoms with Crippen LogP contribution in [-0.4, -0.2) is 64.8 Å². The molecule has 0 bridgehead atoms. The molecule has 164 valence electrons. The Morgan fingerprint density at radius 3 is 2.63 bits per heavy atom. The minimum absolute atomic E-state index is 0.0151. The van der Waals surface area contributed by atoms with E-state index in [9.17, 15) is 8.60 Å². The van der Waals surface area contributed by atoms with Crippen LogP contribution in [0.3, 0.4) is 0 Å². The highest BCUT2D eigenvalue weighted by Crippen LogP contribution is 2.31. The van der Waals surface area contributed by atoms with Crippen LogP contribution in [-0.2, 0) is 15.5 Å². The van der Waals surface area contributed by atoms with Crippen LogP contribution in [0.4, 0.5) is 4.39 Å². The van der Waals surface area contributed by atoms with E-state index in [1.165, 1.54) is 24.7 Å². The molecule has 7 nitrogen and oxygen atoms in total. The van der Waals surface area contributed by atoms with Gasteiger partial charge >= 0.3 is 0 Å². The molecule has 0 amide bonds. The van der Waals surface area contributed by atoms with Gasteiger partial charge in [0, 0.05) is 55.3 Å². The molecule has 9 heteroatoms. The highest BCUT2D eigenvalue weighted by Gasteiger charge is 2.22. The molecule has 3 rings (SSSR count). The smallest absolute Gasteiger partial charge is 0.229 e. The topological polar surface area (TPSA) is 73.8 Å². The molecule has 0 aliphatic carbocycles. The first kappa shape index (κ1) is 22.6. The second-order valence-corrected chi connectivity index (χ2v) is 8.64. The molecule has 0 N–H and O–H groups in total. The molecule has 1 atom stereocenters. The summed E-state index contributed by atoms with van der Waals surface area (Å²) in [6.07, 6.45) is 5.77. The first-order valence-corrected chi connectivity index (χ1v) is 11.5. The number of nitrogens with zero attached hydrogens (tertiary/aromatic N) is 3. The summed E-state index contributed by atoms with van der Waals surface area (Å²) in [4.78, 5) is 11.2. The predicted octanol–water partition coefficient (Wildman–Crippen LogP) is 3.33. The summed E-state index contributed by atoms with van der Waals surface area (Å²) < 4.78 is 42.7. The molecule has 0 spiro atoms. The van der Waals surface area contributed by atoms with E-state index in [0.717, 1.165) is 45.5 Å². The molecular formula is C21H28FN3O4S. The predicted molar refractivity (Wildman–Crippen MR) is 112 cm³/mol. The summed E-state index contributed by atoms with van der Waals surface area (Å²) in [6, 6.07) is 4.23. The number of ether oxygens (including phenoxy) is 3. The largest absolute Gasteiger partial charge is 0.474 e. The van der Waals surface area contributed by atoms with Crippen LogP contribution in [0.5, 0.6) is 17.5 Å². The van der Waals surface area contributed by atoms with Gasteiger partial charge in [-0.05, 0) is 44.4 Å². The molecular weight excluding hydrogens is 409 g/mol. The van der Waals surface area contributed by atoms with Crippen LogP contribution in [0, 0.1) is 12.7 Å². The fourth-order valence-corrected chi connectivity index (χ4v) is 3.86. The number of methoxy groups -OCH3 is 1. The van der Waals surface area contributed by atoms with E-state index < -0.39 is 16.6 Å². The van der Waals surface area contributed by atoms with Gasteiger partial charge in [-0.2, -0.15) is 0 Å². The van der Waals surface area contributed by atoms with E-state index in [1.807, 2.05) is 0 Å². The number of likely N-dealkylation sites (tertiary alicyclic amines) is 1. The number of hydrogen-bond acceptors (Lipinski definition) is 7. The first-order chi connectivity index (χ1) is 14.5. The molecule has 1 aliphatic heterocycles. The van der Waals surface area contributed by atoms with E-state index in [2.05, 4.69) is 14.9 Å². The zero-order chi connectivity index (χ0) is 21.5. The van der Waals surface area contributed by atoms with Gasteiger partial charge in [-0.3, -0.25) is 4.21 Å². The Morgan fingerprint density at radius 2 is 1.97 bits per heavy atom. The van der Waals surface area contributed by atoms with Crippen molar-refractivity contribution in [3.05, 3.63) is 35.9 Å². The van der Waals surface area contributed by atoms with Crippen molar-refractivity contribution in [1.82, 2.24) is 14.9 Å². The summed E-state index contributed by atoms with van der Waals surface area (Å²) in [5.41, 5.74) is 0.613. The molecule has 0 saturated carbocycles. The van der Waals surface area contributed by atoms with Gasteiger partial charge in [0.2, 0.25) is 11.8 Å². The second-order valence-electron chi connectivity index (χ2n) is 7.26. The van der Waals surface area contributed by atoms with Crippen molar-refractivity contribution in [2.75, 3.05) is 39.6 Å². The van der Waals surface area contributed by atoms with Crippen molar-refractivity contribution >= 4 is 10.8 Å². The third-order valence-electron chi connectivity index (χ3n) is 5.07. The summed E-state index contributed by atoms with van der Waals surface area (Å²) in [7, 11) is 0.458. The quantitative estimate of drug-likeness (QED) is 0.557. The average molecular weight is 438 g/mol. The molecule has 2 aromatic rings.